The number of aromatic hydroxyl groups is 1. The number of ketones is 1. The van der Waals surface area contributed by atoms with Crippen LogP contribution in [0.1, 0.15) is 35.2 Å². The molecule has 3 aromatic carbocycles. The molecule has 1 saturated heterocycles. The Morgan fingerprint density at radius 3 is 2.25 bits per heavy atom. The van der Waals surface area contributed by atoms with Crippen molar-refractivity contribution >= 4 is 34.7 Å². The number of anilines is 1. The van der Waals surface area contributed by atoms with Gasteiger partial charge in [0, 0.05) is 11.3 Å². The van der Waals surface area contributed by atoms with Crippen LogP contribution in [0.5, 0.6) is 5.75 Å². The molecule has 5 nitrogen and oxygen atoms in total. The van der Waals surface area contributed by atoms with Gasteiger partial charge >= 0.3 is 0 Å². The Bertz CT molecular complexity index is 1230. The van der Waals surface area contributed by atoms with Crippen LogP contribution >= 0.6 is 11.6 Å². The van der Waals surface area contributed by atoms with Crippen LogP contribution in [-0.4, -0.2) is 21.9 Å². The van der Waals surface area contributed by atoms with E-state index in [1.54, 1.807) is 30.3 Å². The topological polar surface area (TPSA) is 77.8 Å². The first-order valence-electron chi connectivity index (χ1n) is 10.3. The minimum atomic E-state index is -0.901. The molecule has 0 saturated carbocycles. The van der Waals surface area contributed by atoms with Gasteiger partial charge in [0.1, 0.15) is 11.5 Å². The Hall–Kier alpha value is -3.57. The SMILES string of the molecule is CCc1ccc(N2C(=O)C(=O)/C(=C(\O)c3ccc(C)cc3)C2c2ccc(O)c(Cl)c2)cc1. The number of nitrogens with zero attached hydrogens (tertiary/aromatic N) is 1. The second-order valence-corrected chi connectivity index (χ2v) is 8.17. The van der Waals surface area contributed by atoms with Gasteiger partial charge in [-0.15, -0.1) is 0 Å². The summed E-state index contributed by atoms with van der Waals surface area (Å²) in [6.07, 6.45) is 0.837. The van der Waals surface area contributed by atoms with Crippen LogP contribution in [0.4, 0.5) is 5.69 Å². The fraction of sp³-hybridized carbons (Fsp3) is 0.154. The smallest absolute Gasteiger partial charge is 0.300 e. The first-order chi connectivity index (χ1) is 15.3. The van der Waals surface area contributed by atoms with Gasteiger partial charge in [0.05, 0.1) is 16.6 Å². The van der Waals surface area contributed by atoms with Gasteiger partial charge in [0.15, 0.2) is 0 Å². The normalized spacial score (nSPS) is 17.7. The largest absolute Gasteiger partial charge is 0.507 e. The summed E-state index contributed by atoms with van der Waals surface area (Å²) >= 11 is 6.14. The van der Waals surface area contributed by atoms with Crippen molar-refractivity contribution in [3.8, 4) is 5.75 Å². The van der Waals surface area contributed by atoms with E-state index in [0.29, 0.717) is 16.8 Å². The van der Waals surface area contributed by atoms with Gasteiger partial charge in [0.2, 0.25) is 0 Å². The molecule has 162 valence electrons. The Morgan fingerprint density at radius 1 is 1.00 bits per heavy atom. The standard InChI is InChI=1S/C26H22ClNO4/c1-3-16-6-11-19(12-7-16)28-23(18-10-13-21(29)20(27)14-18)22(25(31)26(28)32)24(30)17-8-4-15(2)5-9-17/h4-14,23,29-30H,3H2,1-2H3/b24-22-. The molecule has 3 aromatic rings. The summed E-state index contributed by atoms with van der Waals surface area (Å²) in [6, 6.07) is 18.0. The Labute approximate surface area is 191 Å². The number of carbonyl (C=O) groups is 2. The van der Waals surface area contributed by atoms with E-state index >= 15 is 0 Å². The summed E-state index contributed by atoms with van der Waals surface area (Å²) in [4.78, 5) is 27.6. The lowest BCUT2D eigenvalue weighted by Gasteiger charge is -2.26. The molecule has 1 unspecified atom stereocenters. The fourth-order valence-electron chi connectivity index (χ4n) is 3.87. The van der Waals surface area contributed by atoms with Crippen LogP contribution in [0.25, 0.3) is 5.76 Å². The highest BCUT2D eigenvalue weighted by Gasteiger charge is 2.47. The number of carbonyl (C=O) groups excluding carboxylic acids is 2. The first-order valence-corrected chi connectivity index (χ1v) is 10.6. The molecule has 1 aliphatic rings. The summed E-state index contributed by atoms with van der Waals surface area (Å²) in [6.45, 7) is 3.95. The van der Waals surface area contributed by atoms with E-state index in [1.165, 1.54) is 17.0 Å². The molecule has 0 radical (unpaired) electrons. The summed E-state index contributed by atoms with van der Waals surface area (Å²) in [5.41, 5.74) is 3.53. The van der Waals surface area contributed by atoms with E-state index in [0.717, 1.165) is 17.5 Å². The van der Waals surface area contributed by atoms with Crippen LogP contribution in [0.15, 0.2) is 72.3 Å². The third-order valence-electron chi connectivity index (χ3n) is 5.68. The first kappa shape index (κ1) is 21.7. The van der Waals surface area contributed by atoms with E-state index in [1.807, 2.05) is 38.1 Å². The summed E-state index contributed by atoms with van der Waals surface area (Å²) in [7, 11) is 0. The second kappa shape index (κ2) is 8.52. The van der Waals surface area contributed by atoms with Gasteiger partial charge in [-0.05, 0) is 48.7 Å². The third-order valence-corrected chi connectivity index (χ3v) is 5.98. The van der Waals surface area contributed by atoms with E-state index in [4.69, 9.17) is 11.6 Å². The average Bonchev–Trinajstić information content (AvgIpc) is 3.06. The van der Waals surface area contributed by atoms with Crippen LogP contribution < -0.4 is 4.90 Å². The Balaban J connectivity index is 1.94. The fourth-order valence-corrected chi connectivity index (χ4v) is 4.06. The predicted molar refractivity (Wildman–Crippen MR) is 125 cm³/mol. The highest BCUT2D eigenvalue weighted by Crippen LogP contribution is 2.43. The maximum Gasteiger partial charge on any atom is 0.300 e. The predicted octanol–water partition coefficient (Wildman–Crippen LogP) is 5.54. The highest BCUT2D eigenvalue weighted by atomic mass is 35.5. The molecule has 4 rings (SSSR count). The lowest BCUT2D eigenvalue weighted by Crippen LogP contribution is -2.29. The van der Waals surface area contributed by atoms with Crippen molar-refractivity contribution in [1.29, 1.82) is 0 Å². The number of hydrogen-bond acceptors (Lipinski definition) is 4. The minimum absolute atomic E-state index is 0.0276. The molecule has 0 aliphatic carbocycles. The number of Topliss-reactive ketones (excluding diaryl/α,β-unsaturated/α-hetero) is 1. The summed E-state index contributed by atoms with van der Waals surface area (Å²) in [5, 5.41) is 21.1. The lowest BCUT2D eigenvalue weighted by atomic mass is 9.94. The molecular formula is C26H22ClNO4. The molecule has 6 heteroatoms. The number of amides is 1. The molecule has 1 heterocycles. The number of phenolic OH excluding ortho intramolecular Hbond substituents is 1. The van der Waals surface area contributed by atoms with Gasteiger partial charge in [-0.25, -0.2) is 0 Å². The van der Waals surface area contributed by atoms with E-state index in [-0.39, 0.29) is 22.1 Å². The molecule has 0 bridgehead atoms. The number of phenols is 1. The van der Waals surface area contributed by atoms with Crippen LogP contribution in [0, 0.1) is 6.92 Å². The number of aryl methyl sites for hydroxylation is 2. The van der Waals surface area contributed by atoms with Crippen molar-refractivity contribution in [2.45, 2.75) is 26.3 Å². The molecule has 1 amide bonds. The number of halogens is 1. The Morgan fingerprint density at radius 2 is 1.66 bits per heavy atom. The van der Waals surface area contributed by atoms with Crippen LogP contribution in [0.2, 0.25) is 5.02 Å². The van der Waals surface area contributed by atoms with Crippen molar-refractivity contribution in [2.75, 3.05) is 4.90 Å². The molecule has 1 aliphatic heterocycles. The molecule has 32 heavy (non-hydrogen) atoms. The van der Waals surface area contributed by atoms with Crippen molar-refractivity contribution in [3.63, 3.8) is 0 Å². The molecule has 0 aromatic heterocycles. The van der Waals surface area contributed by atoms with Gasteiger partial charge in [-0.3, -0.25) is 14.5 Å². The minimum Gasteiger partial charge on any atom is -0.507 e. The van der Waals surface area contributed by atoms with Crippen molar-refractivity contribution in [1.82, 2.24) is 0 Å². The number of aliphatic hydroxyl groups excluding tert-OH is 1. The third kappa shape index (κ3) is 3.76. The highest BCUT2D eigenvalue weighted by molar-refractivity contribution is 6.51. The van der Waals surface area contributed by atoms with Gasteiger partial charge < -0.3 is 10.2 Å². The Kier molecular flexibility index (Phi) is 5.76. The van der Waals surface area contributed by atoms with Gasteiger partial charge in [-0.2, -0.15) is 0 Å². The van der Waals surface area contributed by atoms with Crippen molar-refractivity contribution in [3.05, 3.63) is 99.6 Å². The average molecular weight is 448 g/mol. The summed E-state index contributed by atoms with van der Waals surface area (Å²) < 4.78 is 0. The molecule has 1 atom stereocenters. The maximum absolute atomic E-state index is 13.1. The second-order valence-electron chi connectivity index (χ2n) is 7.77. The van der Waals surface area contributed by atoms with Crippen LogP contribution in [0.3, 0.4) is 0 Å². The molecule has 1 fully saturated rings. The molecule has 2 N–H and O–H groups in total. The van der Waals surface area contributed by atoms with Crippen molar-refractivity contribution in [2.24, 2.45) is 0 Å². The number of aliphatic hydroxyl groups is 1. The van der Waals surface area contributed by atoms with E-state index in [9.17, 15) is 19.8 Å². The quantitative estimate of drug-likeness (QED) is 0.312. The van der Waals surface area contributed by atoms with Gasteiger partial charge in [0.25, 0.3) is 11.7 Å². The maximum atomic E-state index is 13.1. The van der Waals surface area contributed by atoms with Crippen LogP contribution in [-0.2, 0) is 16.0 Å². The monoisotopic (exact) mass is 447 g/mol. The lowest BCUT2D eigenvalue weighted by molar-refractivity contribution is -0.132. The zero-order valence-corrected chi connectivity index (χ0v) is 18.4. The number of hydrogen-bond donors (Lipinski definition) is 2. The zero-order valence-electron chi connectivity index (χ0n) is 17.7. The zero-order chi connectivity index (χ0) is 23.0. The molecular weight excluding hydrogens is 426 g/mol. The summed E-state index contributed by atoms with van der Waals surface area (Å²) in [5.74, 6) is -1.89. The number of benzene rings is 3. The van der Waals surface area contributed by atoms with E-state index in [2.05, 4.69) is 0 Å². The van der Waals surface area contributed by atoms with Crippen molar-refractivity contribution < 1.29 is 19.8 Å². The number of rotatable bonds is 4. The van der Waals surface area contributed by atoms with E-state index < -0.39 is 17.7 Å². The van der Waals surface area contributed by atoms with Gasteiger partial charge in [-0.1, -0.05) is 66.6 Å². The molecule has 0 spiro atoms.